The SMILES string of the molecule is CCc1nc(CNc2cc(C3CNCCO3)nc(C)n2)no1. The van der Waals surface area contributed by atoms with E-state index in [0.717, 1.165) is 31.0 Å². The molecule has 2 N–H and O–H groups in total. The Morgan fingerprint density at radius 3 is 3.00 bits per heavy atom. The fourth-order valence-electron chi connectivity index (χ4n) is 2.28. The van der Waals surface area contributed by atoms with E-state index in [1.807, 2.05) is 19.9 Å². The summed E-state index contributed by atoms with van der Waals surface area (Å²) < 4.78 is 10.8. The van der Waals surface area contributed by atoms with Gasteiger partial charge in [-0.15, -0.1) is 0 Å². The average molecular weight is 304 g/mol. The van der Waals surface area contributed by atoms with Crippen molar-refractivity contribution in [2.24, 2.45) is 0 Å². The minimum absolute atomic E-state index is 0.0344. The molecule has 0 saturated carbocycles. The van der Waals surface area contributed by atoms with Crippen molar-refractivity contribution in [2.75, 3.05) is 25.0 Å². The van der Waals surface area contributed by atoms with Crippen molar-refractivity contribution in [3.63, 3.8) is 0 Å². The highest BCUT2D eigenvalue weighted by Crippen LogP contribution is 2.19. The molecular weight excluding hydrogens is 284 g/mol. The molecule has 0 spiro atoms. The van der Waals surface area contributed by atoms with Crippen molar-refractivity contribution < 1.29 is 9.26 Å². The number of ether oxygens (including phenoxy) is 1. The van der Waals surface area contributed by atoms with Gasteiger partial charge in [0.15, 0.2) is 5.82 Å². The van der Waals surface area contributed by atoms with Gasteiger partial charge in [-0.25, -0.2) is 9.97 Å². The minimum atomic E-state index is -0.0344. The second-order valence-corrected chi connectivity index (χ2v) is 5.10. The second-order valence-electron chi connectivity index (χ2n) is 5.10. The second kappa shape index (κ2) is 6.80. The van der Waals surface area contributed by atoms with E-state index >= 15 is 0 Å². The van der Waals surface area contributed by atoms with Gasteiger partial charge in [0, 0.05) is 25.6 Å². The molecule has 1 saturated heterocycles. The molecule has 3 rings (SSSR count). The van der Waals surface area contributed by atoms with Crippen LogP contribution in [0.15, 0.2) is 10.6 Å². The van der Waals surface area contributed by atoms with Crippen molar-refractivity contribution in [3.8, 4) is 0 Å². The monoisotopic (exact) mass is 304 g/mol. The van der Waals surface area contributed by atoms with Crippen LogP contribution in [0, 0.1) is 6.92 Å². The Bertz CT molecular complexity index is 624. The summed E-state index contributed by atoms with van der Waals surface area (Å²) in [4.78, 5) is 13.1. The van der Waals surface area contributed by atoms with Crippen LogP contribution in [0.3, 0.4) is 0 Å². The fourth-order valence-corrected chi connectivity index (χ4v) is 2.28. The molecule has 118 valence electrons. The van der Waals surface area contributed by atoms with Gasteiger partial charge in [0.05, 0.1) is 18.8 Å². The average Bonchev–Trinajstić information content (AvgIpc) is 3.01. The molecule has 0 radical (unpaired) electrons. The summed E-state index contributed by atoms with van der Waals surface area (Å²) >= 11 is 0. The molecule has 22 heavy (non-hydrogen) atoms. The Morgan fingerprint density at radius 2 is 2.27 bits per heavy atom. The molecule has 1 atom stereocenters. The smallest absolute Gasteiger partial charge is 0.226 e. The van der Waals surface area contributed by atoms with Crippen LogP contribution >= 0.6 is 0 Å². The Kier molecular flexibility index (Phi) is 4.59. The molecule has 1 aliphatic rings. The lowest BCUT2D eigenvalue weighted by atomic mass is 10.2. The zero-order chi connectivity index (χ0) is 15.4. The van der Waals surface area contributed by atoms with Crippen molar-refractivity contribution in [1.29, 1.82) is 0 Å². The number of nitrogens with one attached hydrogen (secondary N) is 2. The summed E-state index contributed by atoms with van der Waals surface area (Å²) in [6, 6.07) is 1.91. The van der Waals surface area contributed by atoms with Crippen LogP contribution in [0.4, 0.5) is 5.82 Å². The third-order valence-corrected chi connectivity index (χ3v) is 3.36. The fraction of sp³-hybridized carbons (Fsp3) is 0.571. The molecule has 0 bridgehead atoms. The van der Waals surface area contributed by atoms with Gasteiger partial charge in [-0.3, -0.25) is 0 Å². The third kappa shape index (κ3) is 3.58. The summed E-state index contributed by atoms with van der Waals surface area (Å²) in [6.07, 6.45) is 0.698. The lowest BCUT2D eigenvalue weighted by Crippen LogP contribution is -2.34. The first kappa shape index (κ1) is 14.9. The van der Waals surface area contributed by atoms with Crippen LogP contribution < -0.4 is 10.6 Å². The first-order valence-electron chi connectivity index (χ1n) is 7.48. The molecule has 8 nitrogen and oxygen atoms in total. The molecule has 0 aliphatic carbocycles. The molecule has 0 amide bonds. The maximum absolute atomic E-state index is 5.73. The molecule has 1 aliphatic heterocycles. The van der Waals surface area contributed by atoms with Gasteiger partial charge in [0.2, 0.25) is 5.89 Å². The first-order valence-corrected chi connectivity index (χ1v) is 7.48. The Morgan fingerprint density at radius 1 is 1.36 bits per heavy atom. The van der Waals surface area contributed by atoms with Crippen LogP contribution in [-0.4, -0.2) is 39.8 Å². The van der Waals surface area contributed by atoms with Gasteiger partial charge in [0.25, 0.3) is 0 Å². The minimum Gasteiger partial charge on any atom is -0.369 e. The third-order valence-electron chi connectivity index (χ3n) is 3.36. The van der Waals surface area contributed by atoms with E-state index in [1.54, 1.807) is 0 Å². The zero-order valence-electron chi connectivity index (χ0n) is 12.8. The molecule has 0 aromatic carbocycles. The van der Waals surface area contributed by atoms with Gasteiger partial charge in [0.1, 0.15) is 17.7 Å². The number of aryl methyl sites for hydroxylation is 2. The van der Waals surface area contributed by atoms with E-state index in [0.29, 0.717) is 30.7 Å². The zero-order valence-corrected chi connectivity index (χ0v) is 12.8. The lowest BCUT2D eigenvalue weighted by Gasteiger charge is -2.23. The Labute approximate surface area is 128 Å². The van der Waals surface area contributed by atoms with E-state index in [9.17, 15) is 0 Å². The largest absolute Gasteiger partial charge is 0.369 e. The molecule has 1 fully saturated rings. The van der Waals surface area contributed by atoms with Crippen molar-refractivity contribution in [2.45, 2.75) is 32.9 Å². The number of morpholine rings is 1. The van der Waals surface area contributed by atoms with E-state index < -0.39 is 0 Å². The molecule has 3 heterocycles. The van der Waals surface area contributed by atoms with Crippen molar-refractivity contribution in [1.82, 2.24) is 25.4 Å². The van der Waals surface area contributed by atoms with Crippen LogP contribution in [0.5, 0.6) is 0 Å². The quantitative estimate of drug-likeness (QED) is 0.844. The summed E-state index contributed by atoms with van der Waals surface area (Å²) in [5.74, 6) is 2.69. The standard InChI is InChI=1S/C14H20N6O2/c1-3-14-19-13(20-22-14)8-16-12-6-10(17-9(2)18-12)11-7-15-4-5-21-11/h6,11,15H,3-5,7-8H2,1-2H3,(H,16,17,18). The summed E-state index contributed by atoms with van der Waals surface area (Å²) in [7, 11) is 0. The number of hydrogen-bond donors (Lipinski definition) is 2. The summed E-state index contributed by atoms with van der Waals surface area (Å²) in [6.45, 7) is 6.64. The number of hydrogen-bond acceptors (Lipinski definition) is 8. The van der Waals surface area contributed by atoms with Gasteiger partial charge in [-0.05, 0) is 6.92 Å². The predicted molar refractivity (Wildman–Crippen MR) is 79.3 cm³/mol. The van der Waals surface area contributed by atoms with Crippen molar-refractivity contribution >= 4 is 5.82 Å². The van der Waals surface area contributed by atoms with Crippen LogP contribution in [0.25, 0.3) is 0 Å². The normalized spacial score (nSPS) is 18.4. The number of nitrogens with zero attached hydrogens (tertiary/aromatic N) is 4. The number of rotatable bonds is 5. The highest BCUT2D eigenvalue weighted by molar-refractivity contribution is 5.37. The number of aromatic nitrogens is 4. The molecular formula is C14H20N6O2. The predicted octanol–water partition coefficient (Wildman–Crippen LogP) is 1.00. The highest BCUT2D eigenvalue weighted by Gasteiger charge is 2.18. The Hall–Kier alpha value is -2.06. The van der Waals surface area contributed by atoms with Crippen LogP contribution in [0.1, 0.15) is 36.3 Å². The van der Waals surface area contributed by atoms with E-state index in [4.69, 9.17) is 9.26 Å². The summed E-state index contributed by atoms with van der Waals surface area (Å²) in [5, 5.41) is 10.4. The van der Waals surface area contributed by atoms with Gasteiger partial charge < -0.3 is 19.9 Å². The maximum Gasteiger partial charge on any atom is 0.226 e. The molecule has 2 aromatic heterocycles. The van der Waals surface area contributed by atoms with Gasteiger partial charge in [-0.2, -0.15) is 4.98 Å². The topological polar surface area (TPSA) is 98.0 Å². The maximum atomic E-state index is 5.73. The van der Waals surface area contributed by atoms with E-state index in [-0.39, 0.29) is 6.10 Å². The van der Waals surface area contributed by atoms with Crippen LogP contribution in [-0.2, 0) is 17.7 Å². The van der Waals surface area contributed by atoms with Gasteiger partial charge in [-0.1, -0.05) is 12.1 Å². The van der Waals surface area contributed by atoms with Gasteiger partial charge >= 0.3 is 0 Å². The lowest BCUT2D eigenvalue weighted by molar-refractivity contribution is 0.0249. The molecule has 8 heteroatoms. The first-order chi connectivity index (χ1) is 10.7. The molecule has 1 unspecified atom stereocenters. The number of anilines is 1. The molecule has 2 aromatic rings. The van der Waals surface area contributed by atoms with E-state index in [2.05, 4.69) is 30.7 Å². The van der Waals surface area contributed by atoms with E-state index in [1.165, 1.54) is 0 Å². The highest BCUT2D eigenvalue weighted by atomic mass is 16.5. The summed E-state index contributed by atoms with van der Waals surface area (Å²) in [5.41, 5.74) is 0.879. The van der Waals surface area contributed by atoms with Crippen molar-refractivity contribution in [3.05, 3.63) is 29.3 Å². The Balaban J connectivity index is 1.68. The van der Waals surface area contributed by atoms with Crippen LogP contribution in [0.2, 0.25) is 0 Å².